The van der Waals surface area contributed by atoms with Gasteiger partial charge in [0.05, 0.1) is 26.4 Å². The molecule has 1 heterocycles. The van der Waals surface area contributed by atoms with E-state index in [1.165, 1.54) is 12.1 Å². The molecule has 2 amide bonds. The molecular weight excluding hydrogens is 579 g/mol. The van der Waals surface area contributed by atoms with Crippen molar-refractivity contribution in [3.63, 3.8) is 0 Å². The zero-order chi connectivity index (χ0) is 25.1. The number of ether oxygens (including phenoxy) is 1. The molecule has 0 atom stereocenters. The van der Waals surface area contributed by atoms with Gasteiger partial charge in [-0.1, -0.05) is 45.2 Å². The Morgan fingerprint density at radius 2 is 1.71 bits per heavy atom. The third kappa shape index (κ3) is 6.05. The summed E-state index contributed by atoms with van der Waals surface area (Å²) in [6.07, 6.45) is 1.61. The molecule has 0 saturated carbocycles. The molecule has 1 saturated heterocycles. The smallest absolute Gasteiger partial charge is 0.293 e. The maximum absolute atomic E-state index is 13.0. The van der Waals surface area contributed by atoms with Gasteiger partial charge in [-0.05, 0) is 71.4 Å². The number of benzene rings is 3. The number of hydrogen-bond acceptors (Lipinski definition) is 6. The Bertz CT molecular complexity index is 1360. The highest BCUT2D eigenvalue weighted by Gasteiger charge is 2.35. The van der Waals surface area contributed by atoms with Crippen molar-refractivity contribution < 1.29 is 19.2 Å². The van der Waals surface area contributed by atoms with Crippen LogP contribution in [0.25, 0.3) is 6.08 Å². The maximum Gasteiger partial charge on any atom is 0.293 e. The van der Waals surface area contributed by atoms with Crippen molar-refractivity contribution in [1.82, 2.24) is 4.90 Å². The number of amides is 2. The third-order valence-electron chi connectivity index (χ3n) is 5.00. The number of rotatable bonds is 7. The van der Waals surface area contributed by atoms with Crippen molar-refractivity contribution in [2.75, 3.05) is 0 Å². The highest BCUT2D eigenvalue weighted by molar-refractivity contribution is 9.10. The first-order chi connectivity index (χ1) is 16.7. The molecule has 3 aromatic carbocycles. The van der Waals surface area contributed by atoms with Crippen molar-refractivity contribution in [3.05, 3.63) is 107 Å². The summed E-state index contributed by atoms with van der Waals surface area (Å²) >= 11 is 16.3. The normalized spacial score (nSPS) is 14.6. The minimum atomic E-state index is -0.466. The van der Waals surface area contributed by atoms with Gasteiger partial charge >= 0.3 is 0 Å². The van der Waals surface area contributed by atoms with Crippen LogP contribution < -0.4 is 4.74 Å². The number of imide groups is 1. The second-order valence-corrected chi connectivity index (χ2v) is 10.1. The summed E-state index contributed by atoms with van der Waals surface area (Å²) in [7, 11) is 0. The average molecular weight is 594 g/mol. The fraction of sp³-hybridized carbons (Fsp3) is 0.0833. The van der Waals surface area contributed by atoms with Crippen LogP contribution in [0.15, 0.2) is 70.0 Å². The third-order valence-corrected chi connectivity index (χ3v) is 7.14. The summed E-state index contributed by atoms with van der Waals surface area (Å²) < 4.78 is 6.68. The lowest BCUT2D eigenvalue weighted by atomic mass is 10.1. The summed E-state index contributed by atoms with van der Waals surface area (Å²) in [4.78, 5) is 37.3. The first kappa shape index (κ1) is 25.2. The van der Waals surface area contributed by atoms with Crippen LogP contribution in [0.3, 0.4) is 0 Å². The molecule has 1 aliphatic rings. The molecule has 0 unspecified atom stereocenters. The van der Waals surface area contributed by atoms with Crippen molar-refractivity contribution in [3.8, 4) is 5.75 Å². The van der Waals surface area contributed by atoms with E-state index in [0.717, 1.165) is 26.7 Å². The zero-order valence-corrected chi connectivity index (χ0v) is 21.7. The summed E-state index contributed by atoms with van der Waals surface area (Å²) in [5.74, 6) is 0.0650. The van der Waals surface area contributed by atoms with Crippen molar-refractivity contribution in [2.45, 2.75) is 13.2 Å². The summed E-state index contributed by atoms with van der Waals surface area (Å²) in [6, 6.07) is 16.3. The molecule has 0 spiro atoms. The summed E-state index contributed by atoms with van der Waals surface area (Å²) in [5, 5.41) is 11.2. The summed E-state index contributed by atoms with van der Waals surface area (Å²) in [6.45, 7) is 0.236. The van der Waals surface area contributed by atoms with E-state index < -0.39 is 16.1 Å². The Hall–Kier alpha value is -2.85. The molecule has 0 bridgehead atoms. The lowest BCUT2D eigenvalue weighted by Crippen LogP contribution is -2.27. The number of non-ortho nitro benzene ring substituents is 1. The van der Waals surface area contributed by atoms with E-state index in [2.05, 4.69) is 15.9 Å². The van der Waals surface area contributed by atoms with Gasteiger partial charge in [-0.2, -0.15) is 0 Å². The molecule has 35 heavy (non-hydrogen) atoms. The quantitative estimate of drug-likeness (QED) is 0.160. The SMILES string of the molecule is O=C1S/C(=C\c2cc(Br)ccc2OCc2ccc([N+](=O)[O-])cc2)C(=O)N1Cc1ccc(Cl)c(Cl)c1. The number of nitrogens with zero attached hydrogens (tertiary/aromatic N) is 2. The van der Waals surface area contributed by atoms with Crippen LogP contribution in [0.5, 0.6) is 5.75 Å². The van der Waals surface area contributed by atoms with Gasteiger partial charge in [0.15, 0.2) is 0 Å². The van der Waals surface area contributed by atoms with Gasteiger partial charge < -0.3 is 4.74 Å². The van der Waals surface area contributed by atoms with Crippen LogP contribution >= 0.6 is 50.9 Å². The molecule has 11 heteroatoms. The molecule has 178 valence electrons. The Labute approximate surface area is 222 Å². The lowest BCUT2D eigenvalue weighted by Gasteiger charge is -2.13. The first-order valence-electron chi connectivity index (χ1n) is 10.1. The largest absolute Gasteiger partial charge is 0.488 e. The molecular formula is C24H15BrCl2N2O5S. The predicted octanol–water partition coefficient (Wildman–Crippen LogP) is 7.48. The van der Waals surface area contributed by atoms with Crippen molar-refractivity contribution in [1.29, 1.82) is 0 Å². The first-order valence-corrected chi connectivity index (χ1v) is 12.4. The van der Waals surface area contributed by atoms with E-state index in [0.29, 0.717) is 26.9 Å². The van der Waals surface area contributed by atoms with Gasteiger partial charge in [-0.15, -0.1) is 0 Å². The lowest BCUT2D eigenvalue weighted by molar-refractivity contribution is -0.384. The molecule has 0 N–H and O–H groups in total. The highest BCUT2D eigenvalue weighted by Crippen LogP contribution is 2.36. The fourth-order valence-corrected chi connectivity index (χ4v) is 4.77. The van der Waals surface area contributed by atoms with Crippen LogP contribution in [-0.2, 0) is 17.9 Å². The number of nitro groups is 1. The van der Waals surface area contributed by atoms with Crippen LogP contribution in [0, 0.1) is 10.1 Å². The molecule has 4 rings (SSSR count). The molecule has 7 nitrogen and oxygen atoms in total. The molecule has 0 radical (unpaired) electrons. The van der Waals surface area contributed by atoms with E-state index in [1.54, 1.807) is 54.6 Å². The molecule has 0 aromatic heterocycles. The second kappa shape index (κ2) is 10.8. The highest BCUT2D eigenvalue weighted by atomic mass is 79.9. The zero-order valence-electron chi connectivity index (χ0n) is 17.7. The Kier molecular flexibility index (Phi) is 7.81. The van der Waals surface area contributed by atoms with Crippen molar-refractivity contribution in [2.24, 2.45) is 0 Å². The Morgan fingerprint density at radius 1 is 1.00 bits per heavy atom. The monoisotopic (exact) mass is 592 g/mol. The number of hydrogen-bond donors (Lipinski definition) is 0. The fourth-order valence-electron chi connectivity index (χ4n) is 3.24. The average Bonchev–Trinajstić information content (AvgIpc) is 3.08. The Balaban J connectivity index is 1.53. The van der Waals surface area contributed by atoms with E-state index >= 15 is 0 Å². The predicted molar refractivity (Wildman–Crippen MR) is 140 cm³/mol. The van der Waals surface area contributed by atoms with Crippen LogP contribution in [-0.4, -0.2) is 21.0 Å². The molecule has 0 aliphatic carbocycles. The minimum absolute atomic E-state index is 0.00493. The van der Waals surface area contributed by atoms with E-state index in [9.17, 15) is 19.7 Å². The van der Waals surface area contributed by atoms with Gasteiger partial charge in [0.1, 0.15) is 12.4 Å². The molecule has 1 aliphatic heterocycles. The molecule has 3 aromatic rings. The number of carbonyl (C=O) groups excluding carboxylic acids is 2. The van der Waals surface area contributed by atoms with Gasteiger partial charge in [0.2, 0.25) is 0 Å². The number of halogens is 3. The van der Waals surface area contributed by atoms with Crippen LogP contribution in [0.4, 0.5) is 10.5 Å². The Morgan fingerprint density at radius 3 is 2.40 bits per heavy atom. The topological polar surface area (TPSA) is 89.7 Å². The van der Waals surface area contributed by atoms with Crippen LogP contribution in [0.2, 0.25) is 10.0 Å². The number of carbonyl (C=O) groups is 2. The van der Waals surface area contributed by atoms with E-state index in [4.69, 9.17) is 27.9 Å². The molecule has 1 fully saturated rings. The van der Waals surface area contributed by atoms with Crippen molar-refractivity contribution >= 4 is 73.8 Å². The van der Waals surface area contributed by atoms with Gasteiger partial charge in [-0.25, -0.2) is 0 Å². The number of nitro benzene ring substituents is 1. The standard InChI is InChI=1S/C24H15BrCl2N2O5S/c25-17-4-8-21(34-13-14-1-5-18(6-2-14)29(32)33)16(10-17)11-22-23(30)28(24(31)35-22)12-15-3-7-19(26)20(27)9-15/h1-11H,12-13H2/b22-11-. The van der Waals surface area contributed by atoms with E-state index in [1.807, 2.05) is 0 Å². The van der Waals surface area contributed by atoms with E-state index in [-0.39, 0.29) is 23.7 Å². The van der Waals surface area contributed by atoms with Crippen LogP contribution in [0.1, 0.15) is 16.7 Å². The second-order valence-electron chi connectivity index (χ2n) is 7.41. The minimum Gasteiger partial charge on any atom is -0.488 e. The number of thioether (sulfide) groups is 1. The van der Waals surface area contributed by atoms with Gasteiger partial charge in [-0.3, -0.25) is 24.6 Å². The van der Waals surface area contributed by atoms with Gasteiger partial charge in [0.25, 0.3) is 16.8 Å². The van der Waals surface area contributed by atoms with Gasteiger partial charge in [0, 0.05) is 22.2 Å². The maximum atomic E-state index is 13.0. The summed E-state index contributed by atoms with van der Waals surface area (Å²) in [5.41, 5.74) is 2.01.